The van der Waals surface area contributed by atoms with Crippen molar-refractivity contribution < 1.29 is 23.1 Å². The number of benzene rings is 1. The second-order valence-electron chi connectivity index (χ2n) is 9.70. The van der Waals surface area contributed by atoms with Crippen molar-refractivity contribution in [2.45, 2.75) is 49.3 Å². The van der Waals surface area contributed by atoms with Crippen LogP contribution in [0.3, 0.4) is 0 Å². The smallest absolute Gasteiger partial charge is 0.271 e. The molecule has 2 aromatic rings. The summed E-state index contributed by atoms with van der Waals surface area (Å²) in [6.45, 7) is 3.15. The van der Waals surface area contributed by atoms with Crippen LogP contribution in [0.15, 0.2) is 30.3 Å². The molecule has 2 amide bonds. The molecule has 9 nitrogen and oxygen atoms in total. The molecule has 2 heterocycles. The molecular formula is C24H27ClN4O5S. The van der Waals surface area contributed by atoms with E-state index in [1.165, 1.54) is 29.4 Å². The van der Waals surface area contributed by atoms with Crippen molar-refractivity contribution in [1.29, 1.82) is 5.26 Å². The van der Waals surface area contributed by atoms with Crippen molar-refractivity contribution in [3.05, 3.63) is 57.9 Å². The fraction of sp³-hybridized carbons (Fsp3) is 0.458. The second kappa shape index (κ2) is 8.97. The molecule has 0 spiro atoms. The first kappa shape index (κ1) is 25.2. The van der Waals surface area contributed by atoms with Crippen LogP contribution in [0, 0.1) is 11.3 Å². The van der Waals surface area contributed by atoms with Gasteiger partial charge in [-0.3, -0.25) is 9.59 Å². The minimum Gasteiger partial charge on any atom is -0.395 e. The van der Waals surface area contributed by atoms with Gasteiger partial charge in [-0.1, -0.05) is 23.7 Å². The molecule has 0 radical (unpaired) electrons. The number of sulfone groups is 1. The number of nitrogens with one attached hydrogen (secondary N) is 1. The minimum atomic E-state index is -3.73. The monoisotopic (exact) mass is 518 g/mol. The average molecular weight is 519 g/mol. The Balaban J connectivity index is 1.55. The van der Waals surface area contributed by atoms with Gasteiger partial charge < -0.3 is 19.9 Å². The van der Waals surface area contributed by atoms with E-state index in [1.807, 2.05) is 6.07 Å². The van der Waals surface area contributed by atoms with Gasteiger partial charge in [0.05, 0.1) is 21.7 Å². The highest BCUT2D eigenvalue weighted by molar-refractivity contribution is 7.94. The zero-order valence-electron chi connectivity index (χ0n) is 19.5. The highest BCUT2D eigenvalue weighted by Gasteiger charge is 2.60. The molecule has 186 valence electrons. The Morgan fingerprint density at radius 2 is 1.91 bits per heavy atom. The Morgan fingerprint density at radius 1 is 1.26 bits per heavy atom. The van der Waals surface area contributed by atoms with Crippen LogP contribution in [-0.4, -0.2) is 64.0 Å². The number of aromatic nitrogens is 1. The summed E-state index contributed by atoms with van der Waals surface area (Å²) in [5.74, 6) is -0.900. The van der Waals surface area contributed by atoms with Gasteiger partial charge in [-0.2, -0.15) is 5.26 Å². The normalized spacial score (nSPS) is 17.0. The van der Waals surface area contributed by atoms with Crippen LogP contribution in [0.5, 0.6) is 0 Å². The quantitative estimate of drug-likeness (QED) is 0.550. The van der Waals surface area contributed by atoms with Crippen LogP contribution >= 0.6 is 11.6 Å². The fourth-order valence-electron chi connectivity index (χ4n) is 4.45. The predicted molar refractivity (Wildman–Crippen MR) is 130 cm³/mol. The van der Waals surface area contributed by atoms with Gasteiger partial charge in [0.25, 0.3) is 11.8 Å². The number of halogens is 1. The average Bonchev–Trinajstić information content (AvgIpc) is 3.53. The Labute approximate surface area is 209 Å². The molecular weight excluding hydrogens is 492 g/mol. The zero-order valence-corrected chi connectivity index (χ0v) is 21.1. The highest BCUT2D eigenvalue weighted by Crippen LogP contribution is 2.49. The van der Waals surface area contributed by atoms with E-state index in [4.69, 9.17) is 11.6 Å². The molecule has 0 unspecified atom stereocenters. The lowest BCUT2D eigenvalue weighted by atomic mass is 10.2. The molecule has 2 N–H and O–H groups in total. The number of aliphatic hydroxyl groups is 1. The number of hydrogen-bond donors (Lipinski definition) is 2. The summed E-state index contributed by atoms with van der Waals surface area (Å²) in [5.41, 5.74) is 1.20. The maximum Gasteiger partial charge on any atom is 0.271 e. The van der Waals surface area contributed by atoms with Gasteiger partial charge in [0.2, 0.25) is 0 Å². The lowest BCUT2D eigenvalue weighted by Gasteiger charge is -2.35. The van der Waals surface area contributed by atoms with Crippen molar-refractivity contribution in [2.75, 3.05) is 19.7 Å². The summed E-state index contributed by atoms with van der Waals surface area (Å²) in [4.78, 5) is 27.7. The van der Waals surface area contributed by atoms with E-state index in [-0.39, 0.29) is 43.1 Å². The first-order valence-corrected chi connectivity index (χ1v) is 13.1. The summed E-state index contributed by atoms with van der Waals surface area (Å²) in [6.07, 6.45) is 0.819. The Hall–Kier alpha value is -2.87. The molecule has 11 heteroatoms. The van der Waals surface area contributed by atoms with Gasteiger partial charge in [-0.25, -0.2) is 8.42 Å². The number of nitrogens with zero attached hydrogens (tertiary/aromatic N) is 3. The van der Waals surface area contributed by atoms with Gasteiger partial charge in [0, 0.05) is 31.2 Å². The first-order valence-electron chi connectivity index (χ1n) is 11.3. The van der Waals surface area contributed by atoms with Gasteiger partial charge >= 0.3 is 0 Å². The highest BCUT2D eigenvalue weighted by atomic mass is 35.5. The number of rotatable bonds is 8. The standard InChI is InChI=1S/C24H27ClN4O5S/c1-23(2,15-30)35(33,34)24(7-8-24)14-28-9-10-29-19(11-17(12-26)20(29)22(28)32)21(31)27-13-16-3-5-18(25)6-4-16/h3-6,11,30H,7-10,13-15H2,1-2H3,(H,27,31). The van der Waals surface area contributed by atoms with E-state index in [0.717, 1.165) is 5.56 Å². The topological polar surface area (TPSA) is 132 Å². The van der Waals surface area contributed by atoms with E-state index >= 15 is 0 Å². The molecule has 0 bridgehead atoms. The summed E-state index contributed by atoms with van der Waals surface area (Å²) < 4.78 is 25.5. The number of amides is 2. The molecule has 1 aliphatic carbocycles. The number of fused-ring (bicyclic) bond motifs is 1. The van der Waals surface area contributed by atoms with E-state index < -0.39 is 37.8 Å². The molecule has 1 fully saturated rings. The molecule has 1 aromatic carbocycles. The van der Waals surface area contributed by atoms with Crippen LogP contribution in [0.4, 0.5) is 0 Å². The summed E-state index contributed by atoms with van der Waals surface area (Å²) in [7, 11) is -3.73. The van der Waals surface area contributed by atoms with Crippen molar-refractivity contribution >= 4 is 33.3 Å². The number of nitriles is 1. The minimum absolute atomic E-state index is 0.00819. The molecule has 1 saturated carbocycles. The molecule has 4 rings (SSSR count). The molecule has 2 aliphatic rings. The molecule has 0 saturated heterocycles. The molecule has 1 aromatic heterocycles. The van der Waals surface area contributed by atoms with Crippen molar-refractivity contribution in [1.82, 2.24) is 14.8 Å². The lowest BCUT2D eigenvalue weighted by molar-refractivity contribution is 0.0697. The summed E-state index contributed by atoms with van der Waals surface area (Å²) in [5, 5.41) is 22.6. The molecule has 35 heavy (non-hydrogen) atoms. The largest absolute Gasteiger partial charge is 0.395 e. The number of hydrogen-bond acceptors (Lipinski definition) is 6. The third-order valence-electron chi connectivity index (χ3n) is 6.86. The van der Waals surface area contributed by atoms with Gasteiger partial charge in [-0.05, 0) is 50.5 Å². The second-order valence-corrected chi connectivity index (χ2v) is 13.1. The van der Waals surface area contributed by atoms with Gasteiger partial charge in [-0.15, -0.1) is 0 Å². The van der Waals surface area contributed by atoms with E-state index in [9.17, 15) is 28.4 Å². The Morgan fingerprint density at radius 3 is 2.49 bits per heavy atom. The van der Waals surface area contributed by atoms with E-state index in [1.54, 1.807) is 24.3 Å². The van der Waals surface area contributed by atoms with Crippen LogP contribution in [0.25, 0.3) is 0 Å². The molecule has 0 atom stereocenters. The maximum absolute atomic E-state index is 13.4. The molecule has 1 aliphatic heterocycles. The van der Waals surface area contributed by atoms with Crippen molar-refractivity contribution in [2.24, 2.45) is 0 Å². The number of aliphatic hydroxyl groups excluding tert-OH is 1. The third-order valence-corrected chi connectivity index (χ3v) is 10.4. The van der Waals surface area contributed by atoms with Gasteiger partial charge in [0.15, 0.2) is 9.84 Å². The number of carbonyl (C=O) groups excluding carboxylic acids is 2. The van der Waals surface area contributed by atoms with Crippen LogP contribution in [-0.2, 0) is 22.9 Å². The first-order chi connectivity index (χ1) is 16.5. The van der Waals surface area contributed by atoms with Crippen LogP contribution in [0.2, 0.25) is 5.02 Å². The fourth-order valence-corrected chi connectivity index (χ4v) is 6.89. The maximum atomic E-state index is 13.4. The summed E-state index contributed by atoms with van der Waals surface area (Å²) >= 11 is 5.89. The van der Waals surface area contributed by atoms with Gasteiger partial charge in [0.1, 0.15) is 17.5 Å². The van der Waals surface area contributed by atoms with Crippen molar-refractivity contribution in [3.63, 3.8) is 0 Å². The Bertz CT molecular complexity index is 1320. The zero-order chi connectivity index (χ0) is 25.6. The van der Waals surface area contributed by atoms with Crippen LogP contribution in [0.1, 0.15) is 58.8 Å². The SMILES string of the molecule is CC(C)(CO)S(=O)(=O)C1(CN2CCn3c(C(=O)NCc4ccc(Cl)cc4)cc(C#N)c3C2=O)CC1. The number of carbonyl (C=O) groups is 2. The van der Waals surface area contributed by atoms with Crippen LogP contribution < -0.4 is 5.32 Å². The summed E-state index contributed by atoms with van der Waals surface area (Å²) in [6, 6.07) is 10.4. The Kier molecular flexibility index (Phi) is 6.47. The van der Waals surface area contributed by atoms with E-state index in [2.05, 4.69) is 5.32 Å². The lowest BCUT2D eigenvalue weighted by Crippen LogP contribution is -2.52. The predicted octanol–water partition coefficient (Wildman–Crippen LogP) is 2.12. The van der Waals surface area contributed by atoms with Crippen molar-refractivity contribution in [3.8, 4) is 6.07 Å². The van der Waals surface area contributed by atoms with E-state index in [0.29, 0.717) is 17.9 Å². The third kappa shape index (κ3) is 4.33.